The Balaban J connectivity index is 1.66. The molecular weight excluding hydrogens is 266 g/mol. The number of amides is 1. The number of imidazole rings is 1. The second-order valence-corrected chi connectivity index (χ2v) is 5.06. The summed E-state index contributed by atoms with van der Waals surface area (Å²) in [5, 5.41) is 2.85. The van der Waals surface area contributed by atoms with Crippen LogP contribution in [0.1, 0.15) is 17.5 Å². The number of hydrogen-bond donors (Lipinski definition) is 1. The van der Waals surface area contributed by atoms with E-state index in [1.165, 1.54) is 0 Å². The molecule has 0 saturated carbocycles. The third kappa shape index (κ3) is 4.95. The lowest BCUT2D eigenvalue weighted by Crippen LogP contribution is -2.30. The highest BCUT2D eigenvalue weighted by molar-refractivity contribution is 5.77. The summed E-state index contributed by atoms with van der Waals surface area (Å²) in [5.74, 6) is 0.671. The van der Waals surface area contributed by atoms with Crippen molar-refractivity contribution >= 4 is 5.91 Å². The van der Waals surface area contributed by atoms with E-state index < -0.39 is 0 Å². The fourth-order valence-corrected chi connectivity index (χ4v) is 1.97. The number of hydrogen-bond acceptors (Lipinski definition) is 3. The van der Waals surface area contributed by atoms with E-state index in [1.54, 1.807) is 12.5 Å². The molecule has 0 spiro atoms. The van der Waals surface area contributed by atoms with E-state index in [2.05, 4.69) is 10.3 Å². The van der Waals surface area contributed by atoms with Crippen LogP contribution in [0.3, 0.4) is 0 Å². The van der Waals surface area contributed by atoms with Crippen molar-refractivity contribution in [1.82, 2.24) is 14.9 Å². The minimum absolute atomic E-state index is 0.0510. The molecule has 1 N–H and O–H groups in total. The Labute approximate surface area is 125 Å². The molecule has 0 aliphatic carbocycles. The van der Waals surface area contributed by atoms with Crippen molar-refractivity contribution in [2.45, 2.75) is 26.8 Å². The maximum Gasteiger partial charge on any atom is 0.257 e. The zero-order chi connectivity index (χ0) is 15.1. The predicted molar refractivity (Wildman–Crippen MR) is 81.3 cm³/mol. The first kappa shape index (κ1) is 15.1. The highest BCUT2D eigenvalue weighted by Crippen LogP contribution is 2.18. The van der Waals surface area contributed by atoms with Gasteiger partial charge in [0.2, 0.25) is 0 Å². The number of rotatable bonds is 7. The second-order valence-electron chi connectivity index (χ2n) is 5.06. The molecule has 0 aliphatic heterocycles. The summed E-state index contributed by atoms with van der Waals surface area (Å²) in [6.07, 6.45) is 6.29. The van der Waals surface area contributed by atoms with Gasteiger partial charge in [-0.2, -0.15) is 0 Å². The Hall–Kier alpha value is -2.30. The Morgan fingerprint density at radius 2 is 2.24 bits per heavy atom. The molecule has 0 fully saturated rings. The monoisotopic (exact) mass is 287 g/mol. The first-order valence-corrected chi connectivity index (χ1v) is 7.07. The van der Waals surface area contributed by atoms with Gasteiger partial charge in [0.15, 0.2) is 6.61 Å². The number of aromatic nitrogens is 2. The highest BCUT2D eigenvalue weighted by Gasteiger charge is 2.04. The van der Waals surface area contributed by atoms with Gasteiger partial charge in [-0.05, 0) is 37.5 Å². The predicted octanol–water partition coefficient (Wildman–Crippen LogP) is 2.09. The maximum absolute atomic E-state index is 11.7. The summed E-state index contributed by atoms with van der Waals surface area (Å²) < 4.78 is 7.54. The lowest BCUT2D eigenvalue weighted by molar-refractivity contribution is -0.123. The van der Waals surface area contributed by atoms with Gasteiger partial charge in [0.05, 0.1) is 6.33 Å². The molecule has 0 saturated heterocycles. The number of benzene rings is 1. The summed E-state index contributed by atoms with van der Waals surface area (Å²) >= 11 is 0. The van der Waals surface area contributed by atoms with E-state index in [0.717, 1.165) is 29.8 Å². The van der Waals surface area contributed by atoms with E-state index in [1.807, 2.05) is 42.8 Å². The van der Waals surface area contributed by atoms with Crippen LogP contribution >= 0.6 is 0 Å². The lowest BCUT2D eigenvalue weighted by atomic mass is 10.1. The van der Waals surface area contributed by atoms with Crippen LogP contribution in [-0.2, 0) is 11.3 Å². The number of nitrogens with zero attached hydrogens (tertiary/aromatic N) is 2. The van der Waals surface area contributed by atoms with Crippen molar-refractivity contribution in [2.75, 3.05) is 13.2 Å². The van der Waals surface area contributed by atoms with Gasteiger partial charge in [0.1, 0.15) is 5.75 Å². The molecule has 21 heavy (non-hydrogen) atoms. The Bertz CT molecular complexity index is 579. The molecule has 2 aromatic rings. The van der Waals surface area contributed by atoms with Crippen molar-refractivity contribution in [3.63, 3.8) is 0 Å². The zero-order valence-electron chi connectivity index (χ0n) is 12.5. The third-order valence-corrected chi connectivity index (χ3v) is 3.18. The maximum atomic E-state index is 11.7. The smallest absolute Gasteiger partial charge is 0.257 e. The number of nitrogens with one attached hydrogen (secondary N) is 1. The van der Waals surface area contributed by atoms with Gasteiger partial charge >= 0.3 is 0 Å². The summed E-state index contributed by atoms with van der Waals surface area (Å²) in [4.78, 5) is 15.7. The van der Waals surface area contributed by atoms with Crippen molar-refractivity contribution in [1.29, 1.82) is 0 Å². The standard InChI is InChI=1S/C16H21N3O2/c1-13-4-5-14(2)15(10-13)21-11-16(20)18-6-3-8-19-9-7-17-12-19/h4-5,7,9-10,12H,3,6,8,11H2,1-2H3,(H,18,20). The van der Waals surface area contributed by atoms with Crippen LogP contribution in [0.15, 0.2) is 36.9 Å². The summed E-state index contributed by atoms with van der Waals surface area (Å²) in [7, 11) is 0. The summed E-state index contributed by atoms with van der Waals surface area (Å²) in [6, 6.07) is 5.97. The van der Waals surface area contributed by atoms with Crippen molar-refractivity contribution < 1.29 is 9.53 Å². The van der Waals surface area contributed by atoms with Gasteiger partial charge in [-0.15, -0.1) is 0 Å². The third-order valence-electron chi connectivity index (χ3n) is 3.18. The molecule has 0 aliphatic rings. The van der Waals surface area contributed by atoms with Gasteiger partial charge in [0, 0.05) is 25.5 Å². The molecule has 1 aromatic heterocycles. The van der Waals surface area contributed by atoms with E-state index in [0.29, 0.717) is 6.54 Å². The molecule has 0 radical (unpaired) electrons. The zero-order valence-corrected chi connectivity index (χ0v) is 12.5. The quantitative estimate of drug-likeness (QED) is 0.793. The lowest BCUT2D eigenvalue weighted by Gasteiger charge is -2.10. The number of aryl methyl sites for hydroxylation is 3. The molecule has 5 nitrogen and oxygen atoms in total. The van der Waals surface area contributed by atoms with Gasteiger partial charge in [-0.25, -0.2) is 4.98 Å². The molecule has 2 rings (SSSR count). The van der Waals surface area contributed by atoms with Crippen LogP contribution in [0.4, 0.5) is 0 Å². The Morgan fingerprint density at radius 3 is 3.00 bits per heavy atom. The fraction of sp³-hybridized carbons (Fsp3) is 0.375. The van der Waals surface area contributed by atoms with Crippen molar-refractivity contribution in [3.8, 4) is 5.75 Å². The van der Waals surface area contributed by atoms with Crippen LogP contribution in [-0.4, -0.2) is 28.6 Å². The molecule has 0 bridgehead atoms. The topological polar surface area (TPSA) is 56.1 Å². The number of carbonyl (C=O) groups is 1. The summed E-state index contributed by atoms with van der Waals surface area (Å²) in [5.41, 5.74) is 2.16. The average Bonchev–Trinajstić information content (AvgIpc) is 2.98. The van der Waals surface area contributed by atoms with Crippen molar-refractivity contribution in [3.05, 3.63) is 48.0 Å². The van der Waals surface area contributed by atoms with Crippen LogP contribution < -0.4 is 10.1 Å². The van der Waals surface area contributed by atoms with Crippen molar-refractivity contribution in [2.24, 2.45) is 0 Å². The molecular formula is C16H21N3O2. The van der Waals surface area contributed by atoms with Gasteiger partial charge in [0.25, 0.3) is 5.91 Å². The number of carbonyl (C=O) groups excluding carboxylic acids is 1. The van der Waals surface area contributed by atoms with Crippen LogP contribution in [0, 0.1) is 13.8 Å². The van der Waals surface area contributed by atoms with Gasteiger partial charge in [-0.3, -0.25) is 4.79 Å². The highest BCUT2D eigenvalue weighted by atomic mass is 16.5. The SMILES string of the molecule is Cc1ccc(C)c(OCC(=O)NCCCn2ccnc2)c1. The van der Waals surface area contributed by atoms with Crippen LogP contribution in [0.25, 0.3) is 0 Å². The molecule has 1 aromatic carbocycles. The fourth-order valence-electron chi connectivity index (χ4n) is 1.97. The first-order chi connectivity index (χ1) is 10.1. The van der Waals surface area contributed by atoms with Gasteiger partial charge in [-0.1, -0.05) is 12.1 Å². The van der Waals surface area contributed by atoms with E-state index in [-0.39, 0.29) is 12.5 Å². The minimum atomic E-state index is -0.0958. The van der Waals surface area contributed by atoms with Gasteiger partial charge < -0.3 is 14.6 Å². The Morgan fingerprint density at radius 1 is 1.38 bits per heavy atom. The molecule has 112 valence electrons. The molecule has 1 amide bonds. The normalized spacial score (nSPS) is 10.4. The van der Waals surface area contributed by atoms with Crippen LogP contribution in [0.2, 0.25) is 0 Å². The number of ether oxygens (including phenoxy) is 1. The van der Waals surface area contributed by atoms with E-state index in [4.69, 9.17) is 4.74 Å². The second kappa shape index (κ2) is 7.47. The molecule has 5 heteroatoms. The molecule has 0 atom stereocenters. The van der Waals surface area contributed by atoms with Crippen LogP contribution in [0.5, 0.6) is 5.75 Å². The largest absolute Gasteiger partial charge is 0.483 e. The molecule has 0 unspecified atom stereocenters. The Kier molecular flexibility index (Phi) is 5.37. The average molecular weight is 287 g/mol. The minimum Gasteiger partial charge on any atom is -0.483 e. The molecule has 1 heterocycles. The van der Waals surface area contributed by atoms with E-state index >= 15 is 0 Å². The summed E-state index contributed by atoms with van der Waals surface area (Å²) in [6.45, 7) is 5.50. The van der Waals surface area contributed by atoms with E-state index in [9.17, 15) is 4.79 Å². The first-order valence-electron chi connectivity index (χ1n) is 7.07.